The minimum Gasteiger partial charge on any atom is -0.486 e. The van der Waals surface area contributed by atoms with Crippen LogP contribution in [-0.4, -0.2) is 38.7 Å². The zero-order valence-electron chi connectivity index (χ0n) is 15.8. The number of benzene rings is 1. The molecule has 1 aromatic carbocycles. The van der Waals surface area contributed by atoms with Gasteiger partial charge in [-0.2, -0.15) is 0 Å². The van der Waals surface area contributed by atoms with Crippen molar-refractivity contribution in [1.29, 1.82) is 0 Å². The van der Waals surface area contributed by atoms with Gasteiger partial charge in [0.25, 0.3) is 0 Å². The number of carbonyl (C=O) groups is 1. The summed E-state index contributed by atoms with van der Waals surface area (Å²) >= 11 is 0. The van der Waals surface area contributed by atoms with Crippen LogP contribution in [0.3, 0.4) is 0 Å². The van der Waals surface area contributed by atoms with Gasteiger partial charge in [0.15, 0.2) is 17.3 Å². The average Bonchev–Trinajstić information content (AvgIpc) is 3.16. The van der Waals surface area contributed by atoms with E-state index >= 15 is 0 Å². The molecule has 144 valence electrons. The first-order chi connectivity index (χ1) is 13.7. The first-order valence-electron chi connectivity index (χ1n) is 9.48. The molecule has 0 spiro atoms. The number of pyridine rings is 1. The molecule has 1 aliphatic rings. The predicted molar refractivity (Wildman–Crippen MR) is 103 cm³/mol. The Bertz CT molecular complexity index is 969. The van der Waals surface area contributed by atoms with Crippen LogP contribution in [0.5, 0.6) is 11.5 Å². The number of hydrogen-bond acceptors (Lipinski definition) is 6. The van der Waals surface area contributed by atoms with E-state index in [4.69, 9.17) is 9.47 Å². The molecular weight excluding hydrogens is 356 g/mol. The fourth-order valence-electron chi connectivity index (χ4n) is 3.30. The Labute approximate surface area is 163 Å². The van der Waals surface area contributed by atoms with Crippen molar-refractivity contribution in [2.24, 2.45) is 0 Å². The Morgan fingerprint density at radius 3 is 2.75 bits per heavy atom. The molecular formula is C21H22N4O3. The van der Waals surface area contributed by atoms with Gasteiger partial charge in [0, 0.05) is 32.0 Å². The molecule has 1 aliphatic heterocycles. The molecule has 0 saturated carbocycles. The summed E-state index contributed by atoms with van der Waals surface area (Å²) in [6, 6.07) is 11.4. The predicted octanol–water partition coefficient (Wildman–Crippen LogP) is 2.88. The fourth-order valence-corrected chi connectivity index (χ4v) is 3.30. The molecule has 3 heterocycles. The largest absolute Gasteiger partial charge is 0.486 e. The third kappa shape index (κ3) is 3.88. The standard InChI is InChI=1S/C21H22N4O3/c1-2-25-20(23-24-21(25)17-5-3-4-10-22-17)9-7-16(26)13-15-6-8-18-19(14-15)28-12-11-27-18/h3-6,8,10,14H,2,7,9,11-13H2,1H3. The van der Waals surface area contributed by atoms with Gasteiger partial charge in [-0.3, -0.25) is 9.78 Å². The normalized spacial score (nSPS) is 12.8. The number of hydrogen-bond donors (Lipinski definition) is 0. The van der Waals surface area contributed by atoms with Crippen LogP contribution in [0.1, 0.15) is 24.7 Å². The number of ether oxygens (including phenoxy) is 2. The van der Waals surface area contributed by atoms with Gasteiger partial charge >= 0.3 is 0 Å². The van der Waals surface area contributed by atoms with E-state index in [1.165, 1.54) is 0 Å². The van der Waals surface area contributed by atoms with Crippen molar-refractivity contribution < 1.29 is 14.3 Å². The first-order valence-corrected chi connectivity index (χ1v) is 9.48. The summed E-state index contributed by atoms with van der Waals surface area (Å²) in [5.41, 5.74) is 1.71. The van der Waals surface area contributed by atoms with Crippen molar-refractivity contribution in [2.45, 2.75) is 32.7 Å². The monoisotopic (exact) mass is 378 g/mol. The number of ketones is 1. The first kappa shape index (κ1) is 18.2. The van der Waals surface area contributed by atoms with Gasteiger partial charge in [0.2, 0.25) is 0 Å². The van der Waals surface area contributed by atoms with Gasteiger partial charge in [-0.05, 0) is 36.8 Å². The molecule has 0 fully saturated rings. The maximum absolute atomic E-state index is 12.5. The van der Waals surface area contributed by atoms with Crippen LogP contribution in [0, 0.1) is 0 Å². The Morgan fingerprint density at radius 2 is 1.96 bits per heavy atom. The second-order valence-electron chi connectivity index (χ2n) is 6.59. The molecule has 0 saturated heterocycles. The van der Waals surface area contributed by atoms with Crippen molar-refractivity contribution >= 4 is 5.78 Å². The fraction of sp³-hybridized carbons (Fsp3) is 0.333. The molecule has 0 atom stereocenters. The molecule has 0 radical (unpaired) electrons. The van der Waals surface area contributed by atoms with Gasteiger partial charge in [-0.25, -0.2) is 0 Å². The average molecular weight is 378 g/mol. The van der Waals surface area contributed by atoms with Gasteiger partial charge < -0.3 is 14.0 Å². The molecule has 28 heavy (non-hydrogen) atoms. The molecule has 0 amide bonds. The van der Waals surface area contributed by atoms with Crippen LogP contribution >= 0.6 is 0 Å². The van der Waals surface area contributed by atoms with E-state index < -0.39 is 0 Å². The Kier molecular flexibility index (Phi) is 5.32. The van der Waals surface area contributed by atoms with E-state index in [1.807, 2.05) is 47.9 Å². The summed E-state index contributed by atoms with van der Waals surface area (Å²) in [7, 11) is 0. The number of fused-ring (bicyclic) bond motifs is 1. The zero-order chi connectivity index (χ0) is 19.3. The molecule has 0 aliphatic carbocycles. The number of aromatic nitrogens is 4. The van der Waals surface area contributed by atoms with Crippen LogP contribution in [0.2, 0.25) is 0 Å². The zero-order valence-corrected chi connectivity index (χ0v) is 15.8. The van der Waals surface area contributed by atoms with Gasteiger partial charge in [0.1, 0.15) is 30.5 Å². The highest BCUT2D eigenvalue weighted by Crippen LogP contribution is 2.31. The van der Waals surface area contributed by atoms with Crippen molar-refractivity contribution in [3.05, 3.63) is 54.0 Å². The lowest BCUT2D eigenvalue weighted by atomic mass is 10.0. The van der Waals surface area contributed by atoms with Crippen LogP contribution in [0.25, 0.3) is 11.5 Å². The second-order valence-corrected chi connectivity index (χ2v) is 6.59. The van der Waals surface area contributed by atoms with E-state index in [1.54, 1.807) is 6.20 Å². The molecule has 0 N–H and O–H groups in total. The van der Waals surface area contributed by atoms with Crippen LogP contribution in [-0.2, 0) is 24.2 Å². The lowest BCUT2D eigenvalue weighted by Crippen LogP contribution is -2.15. The maximum Gasteiger partial charge on any atom is 0.182 e. The van der Waals surface area contributed by atoms with Crippen molar-refractivity contribution in [1.82, 2.24) is 19.7 Å². The van der Waals surface area contributed by atoms with E-state index in [2.05, 4.69) is 15.2 Å². The van der Waals surface area contributed by atoms with E-state index in [0.717, 1.165) is 35.2 Å². The van der Waals surface area contributed by atoms with Crippen LogP contribution in [0.4, 0.5) is 0 Å². The minimum atomic E-state index is 0.154. The molecule has 7 nitrogen and oxygen atoms in total. The number of rotatable bonds is 7. The highest BCUT2D eigenvalue weighted by Gasteiger charge is 2.16. The lowest BCUT2D eigenvalue weighted by molar-refractivity contribution is -0.118. The second kappa shape index (κ2) is 8.21. The van der Waals surface area contributed by atoms with E-state index in [0.29, 0.717) is 38.2 Å². The number of Topliss-reactive ketones (excluding diaryl/α,β-unsaturated/α-hetero) is 1. The minimum absolute atomic E-state index is 0.154. The summed E-state index contributed by atoms with van der Waals surface area (Å²) < 4.78 is 13.1. The molecule has 0 bridgehead atoms. The highest BCUT2D eigenvalue weighted by atomic mass is 16.6. The smallest absolute Gasteiger partial charge is 0.182 e. The van der Waals surface area contributed by atoms with Gasteiger partial charge in [0.05, 0.1) is 0 Å². The Hall–Kier alpha value is -3.22. The third-order valence-corrected chi connectivity index (χ3v) is 4.67. The quantitative estimate of drug-likeness (QED) is 0.629. The number of aryl methyl sites for hydroxylation is 1. The van der Waals surface area contributed by atoms with Crippen LogP contribution < -0.4 is 9.47 Å². The highest BCUT2D eigenvalue weighted by molar-refractivity contribution is 5.81. The number of carbonyl (C=O) groups excluding carboxylic acids is 1. The summed E-state index contributed by atoms with van der Waals surface area (Å²) in [4.78, 5) is 16.8. The van der Waals surface area contributed by atoms with E-state index in [9.17, 15) is 4.79 Å². The summed E-state index contributed by atoms with van der Waals surface area (Å²) in [5, 5.41) is 8.56. The summed E-state index contributed by atoms with van der Waals surface area (Å²) in [5.74, 6) is 3.14. The molecule has 4 rings (SSSR count). The topological polar surface area (TPSA) is 79.1 Å². The third-order valence-electron chi connectivity index (χ3n) is 4.67. The van der Waals surface area contributed by atoms with Crippen molar-refractivity contribution in [3.63, 3.8) is 0 Å². The Morgan fingerprint density at radius 1 is 1.11 bits per heavy atom. The van der Waals surface area contributed by atoms with E-state index in [-0.39, 0.29) is 5.78 Å². The van der Waals surface area contributed by atoms with Gasteiger partial charge in [-0.1, -0.05) is 12.1 Å². The molecule has 7 heteroatoms. The van der Waals surface area contributed by atoms with Crippen LogP contribution in [0.15, 0.2) is 42.6 Å². The molecule has 0 unspecified atom stereocenters. The number of nitrogens with zero attached hydrogens (tertiary/aromatic N) is 4. The van der Waals surface area contributed by atoms with Crippen molar-refractivity contribution in [3.8, 4) is 23.0 Å². The van der Waals surface area contributed by atoms with Crippen molar-refractivity contribution in [2.75, 3.05) is 13.2 Å². The summed E-state index contributed by atoms with van der Waals surface area (Å²) in [6.07, 6.45) is 3.07. The SMILES string of the molecule is CCn1c(CCC(=O)Cc2ccc3c(c2)OCCO3)nnc1-c1ccccn1. The maximum atomic E-state index is 12.5. The Balaban J connectivity index is 1.41. The summed E-state index contributed by atoms with van der Waals surface area (Å²) in [6.45, 7) is 3.86. The van der Waals surface area contributed by atoms with Gasteiger partial charge in [-0.15, -0.1) is 10.2 Å². The lowest BCUT2D eigenvalue weighted by Gasteiger charge is -2.18. The molecule has 2 aromatic heterocycles. The molecule has 3 aromatic rings.